The summed E-state index contributed by atoms with van der Waals surface area (Å²) in [5, 5.41) is 5.66. The summed E-state index contributed by atoms with van der Waals surface area (Å²) in [5.74, 6) is -1.16. The quantitative estimate of drug-likeness (QED) is 0.868. The Balaban J connectivity index is 1.97. The van der Waals surface area contributed by atoms with Crippen molar-refractivity contribution in [1.82, 2.24) is 0 Å². The van der Waals surface area contributed by atoms with Crippen molar-refractivity contribution in [3.05, 3.63) is 58.9 Å². The maximum Gasteiger partial charge on any atom is 0.224 e. The minimum Gasteiger partial charge on any atom is -0.326 e. The normalized spacial score (nSPS) is 10.2. The maximum atomic E-state index is 13.5. The second-order valence-electron chi connectivity index (χ2n) is 5.02. The Kier molecular flexibility index (Phi) is 5.71. The minimum atomic E-state index is -0.561. The van der Waals surface area contributed by atoms with Gasteiger partial charge in [0.1, 0.15) is 5.82 Å². The molecule has 120 valence electrons. The summed E-state index contributed by atoms with van der Waals surface area (Å²) in [5.41, 5.74) is 1.34. The monoisotopic (exact) mass is 334 g/mol. The van der Waals surface area contributed by atoms with E-state index in [1.165, 1.54) is 25.1 Å². The summed E-state index contributed by atoms with van der Waals surface area (Å²) in [4.78, 5) is 23.0. The van der Waals surface area contributed by atoms with Crippen molar-refractivity contribution >= 4 is 34.8 Å². The van der Waals surface area contributed by atoms with Crippen LogP contribution < -0.4 is 10.6 Å². The zero-order chi connectivity index (χ0) is 16.8. The number of carbonyl (C=O) groups is 2. The van der Waals surface area contributed by atoms with Crippen LogP contribution in [0.2, 0.25) is 5.02 Å². The molecule has 0 radical (unpaired) electrons. The molecule has 0 spiro atoms. The highest BCUT2D eigenvalue weighted by molar-refractivity contribution is 6.31. The van der Waals surface area contributed by atoms with Crippen LogP contribution in [0.4, 0.5) is 15.8 Å². The number of anilines is 2. The van der Waals surface area contributed by atoms with Crippen molar-refractivity contribution < 1.29 is 14.0 Å². The third-order valence-electron chi connectivity index (χ3n) is 3.14. The number of hydrogen-bond acceptors (Lipinski definition) is 2. The molecule has 0 bridgehead atoms. The first-order valence-electron chi connectivity index (χ1n) is 7.06. The van der Waals surface area contributed by atoms with Gasteiger partial charge in [-0.1, -0.05) is 29.8 Å². The summed E-state index contributed by atoms with van der Waals surface area (Å²) in [6.07, 6.45) is 0.752. The first kappa shape index (κ1) is 17.0. The molecule has 2 N–H and O–H groups in total. The fourth-order valence-corrected chi connectivity index (χ4v) is 2.29. The van der Waals surface area contributed by atoms with Gasteiger partial charge in [0.25, 0.3) is 0 Å². The molecule has 0 atom stereocenters. The van der Waals surface area contributed by atoms with Crippen LogP contribution in [0.1, 0.15) is 18.9 Å². The molecule has 0 saturated heterocycles. The zero-order valence-corrected chi connectivity index (χ0v) is 13.3. The summed E-state index contributed by atoms with van der Waals surface area (Å²) < 4.78 is 13.5. The van der Waals surface area contributed by atoms with Crippen molar-refractivity contribution in [2.24, 2.45) is 0 Å². The van der Waals surface area contributed by atoms with Crippen molar-refractivity contribution in [2.45, 2.75) is 19.8 Å². The predicted molar refractivity (Wildman–Crippen MR) is 89.1 cm³/mol. The Labute approximate surface area is 138 Å². The van der Waals surface area contributed by atoms with Crippen LogP contribution >= 0.6 is 11.6 Å². The molecule has 0 aliphatic carbocycles. The molecule has 4 nitrogen and oxygen atoms in total. The fourth-order valence-electron chi connectivity index (χ4n) is 2.06. The lowest BCUT2D eigenvalue weighted by Gasteiger charge is -2.09. The average Bonchev–Trinajstić information content (AvgIpc) is 2.49. The largest absolute Gasteiger partial charge is 0.326 e. The van der Waals surface area contributed by atoms with Crippen LogP contribution in [0, 0.1) is 5.82 Å². The minimum absolute atomic E-state index is 0.0291. The maximum absolute atomic E-state index is 13.5. The number of rotatable bonds is 5. The number of nitrogens with one attached hydrogen (secondary N) is 2. The van der Waals surface area contributed by atoms with Crippen molar-refractivity contribution in [1.29, 1.82) is 0 Å². The Morgan fingerprint density at radius 2 is 1.87 bits per heavy atom. The van der Waals surface area contributed by atoms with Gasteiger partial charge < -0.3 is 10.6 Å². The average molecular weight is 335 g/mol. The number of amides is 2. The molecule has 0 aliphatic rings. The molecule has 0 heterocycles. The number of carbonyl (C=O) groups excluding carboxylic acids is 2. The van der Waals surface area contributed by atoms with Gasteiger partial charge in [0.15, 0.2) is 0 Å². The predicted octanol–water partition coefficient (Wildman–Crippen LogP) is 4.01. The van der Waals surface area contributed by atoms with E-state index in [4.69, 9.17) is 11.6 Å². The number of benzene rings is 2. The van der Waals surface area contributed by atoms with E-state index in [9.17, 15) is 14.0 Å². The molecule has 6 heteroatoms. The lowest BCUT2D eigenvalue weighted by molar-refractivity contribution is -0.116. The van der Waals surface area contributed by atoms with Crippen molar-refractivity contribution in [3.8, 4) is 0 Å². The topological polar surface area (TPSA) is 58.2 Å². The van der Waals surface area contributed by atoms with E-state index >= 15 is 0 Å². The van der Waals surface area contributed by atoms with Crippen LogP contribution in [0.15, 0.2) is 42.5 Å². The van der Waals surface area contributed by atoms with Crippen LogP contribution in [-0.4, -0.2) is 11.8 Å². The summed E-state index contributed by atoms with van der Waals surface area (Å²) in [7, 11) is 0. The Hall–Kier alpha value is -2.40. The second kappa shape index (κ2) is 7.74. The Morgan fingerprint density at radius 1 is 1.13 bits per heavy atom. The summed E-state index contributed by atoms with van der Waals surface area (Å²) in [6, 6.07) is 11.3. The van der Waals surface area contributed by atoms with E-state index in [-0.39, 0.29) is 23.9 Å². The van der Waals surface area contributed by atoms with Gasteiger partial charge in [0, 0.05) is 24.1 Å². The highest BCUT2D eigenvalue weighted by atomic mass is 35.5. The van der Waals surface area contributed by atoms with Crippen molar-refractivity contribution in [2.75, 3.05) is 10.6 Å². The van der Waals surface area contributed by atoms with E-state index < -0.39 is 5.82 Å². The molecule has 2 aromatic carbocycles. The van der Waals surface area contributed by atoms with Crippen LogP contribution in [0.25, 0.3) is 0 Å². The molecule has 0 saturated carbocycles. The Bertz CT molecular complexity index is 734. The second-order valence-corrected chi connectivity index (χ2v) is 5.42. The summed E-state index contributed by atoms with van der Waals surface area (Å²) >= 11 is 6.04. The van der Waals surface area contributed by atoms with Crippen LogP contribution in [0.5, 0.6) is 0 Å². The number of aryl methyl sites for hydroxylation is 1. The van der Waals surface area contributed by atoms with Crippen LogP contribution in [-0.2, 0) is 16.0 Å². The van der Waals surface area contributed by atoms with Crippen LogP contribution in [0.3, 0.4) is 0 Å². The van der Waals surface area contributed by atoms with E-state index in [2.05, 4.69) is 10.6 Å². The van der Waals surface area contributed by atoms with Gasteiger partial charge in [-0.2, -0.15) is 0 Å². The molecule has 23 heavy (non-hydrogen) atoms. The van der Waals surface area contributed by atoms with Gasteiger partial charge in [0.05, 0.1) is 5.69 Å². The van der Waals surface area contributed by atoms with E-state index in [1.54, 1.807) is 6.07 Å². The van der Waals surface area contributed by atoms with Gasteiger partial charge in [-0.25, -0.2) is 4.39 Å². The summed E-state index contributed by atoms with van der Waals surface area (Å²) in [6.45, 7) is 1.29. The van der Waals surface area contributed by atoms with Gasteiger partial charge in [0.2, 0.25) is 11.8 Å². The molecule has 2 rings (SSSR count). The van der Waals surface area contributed by atoms with Gasteiger partial charge >= 0.3 is 0 Å². The molecule has 0 fully saturated rings. The standard InChI is InChI=1S/C17H16ClFN2O2/c1-11(22)20-16-10-13(7-8-15(16)19)21-17(23)9-6-12-4-2-3-5-14(12)18/h2-5,7-8,10H,6,9H2,1H3,(H,20,22)(H,21,23). The first-order valence-corrected chi connectivity index (χ1v) is 7.44. The molecule has 2 amide bonds. The third-order valence-corrected chi connectivity index (χ3v) is 3.51. The van der Waals surface area contributed by atoms with E-state index in [0.29, 0.717) is 17.1 Å². The lowest BCUT2D eigenvalue weighted by Crippen LogP contribution is -2.13. The molecule has 2 aromatic rings. The SMILES string of the molecule is CC(=O)Nc1cc(NC(=O)CCc2ccccc2Cl)ccc1F. The molecule has 0 aliphatic heterocycles. The molecular formula is C17H16ClFN2O2. The van der Waals surface area contributed by atoms with Gasteiger partial charge in [-0.15, -0.1) is 0 Å². The fraction of sp³-hybridized carbons (Fsp3) is 0.176. The molecule has 0 aromatic heterocycles. The lowest BCUT2D eigenvalue weighted by atomic mass is 10.1. The van der Waals surface area contributed by atoms with E-state index in [0.717, 1.165) is 5.56 Å². The van der Waals surface area contributed by atoms with Gasteiger partial charge in [-0.05, 0) is 36.2 Å². The Morgan fingerprint density at radius 3 is 2.57 bits per heavy atom. The number of halogens is 2. The smallest absolute Gasteiger partial charge is 0.224 e. The van der Waals surface area contributed by atoms with E-state index in [1.807, 2.05) is 18.2 Å². The third kappa shape index (κ3) is 5.07. The van der Waals surface area contributed by atoms with Gasteiger partial charge in [-0.3, -0.25) is 9.59 Å². The highest BCUT2D eigenvalue weighted by Gasteiger charge is 2.09. The highest BCUT2D eigenvalue weighted by Crippen LogP contribution is 2.20. The number of hydrogen-bond donors (Lipinski definition) is 2. The van der Waals surface area contributed by atoms with Crippen molar-refractivity contribution in [3.63, 3.8) is 0 Å². The molecule has 0 unspecified atom stereocenters. The molecular weight excluding hydrogens is 319 g/mol. The zero-order valence-electron chi connectivity index (χ0n) is 12.5. The first-order chi connectivity index (χ1) is 11.0.